The van der Waals surface area contributed by atoms with E-state index >= 15 is 0 Å². The third-order valence-electron chi connectivity index (χ3n) is 4.10. The fraction of sp³-hybridized carbons (Fsp3) is 0.333. The number of ether oxygens (including phenoxy) is 1. The van der Waals surface area contributed by atoms with E-state index in [2.05, 4.69) is 0 Å². The van der Waals surface area contributed by atoms with Gasteiger partial charge in [-0.15, -0.1) is 0 Å². The second-order valence-electron chi connectivity index (χ2n) is 5.91. The molecule has 0 radical (unpaired) electrons. The highest BCUT2D eigenvalue weighted by Gasteiger charge is 2.28. The predicted molar refractivity (Wildman–Crippen MR) is 90.7 cm³/mol. The molecule has 2 aromatic rings. The number of rotatable bonds is 5. The third kappa shape index (κ3) is 4.33. The minimum atomic E-state index is -3.39. The smallest absolute Gasteiger partial charge is 0.218 e. The van der Waals surface area contributed by atoms with Gasteiger partial charge in [0.05, 0.1) is 5.75 Å². The van der Waals surface area contributed by atoms with Crippen molar-refractivity contribution in [1.82, 2.24) is 4.31 Å². The molecule has 0 aliphatic carbocycles. The zero-order valence-corrected chi connectivity index (χ0v) is 14.1. The Morgan fingerprint density at radius 2 is 1.62 bits per heavy atom. The van der Waals surface area contributed by atoms with Crippen LogP contribution in [0.25, 0.3) is 0 Å². The molecule has 1 aliphatic rings. The van der Waals surface area contributed by atoms with Crippen LogP contribution in [0.3, 0.4) is 0 Å². The third-order valence-corrected chi connectivity index (χ3v) is 5.95. The Balaban J connectivity index is 1.56. The molecule has 0 bridgehead atoms. The van der Waals surface area contributed by atoms with Gasteiger partial charge in [-0.3, -0.25) is 0 Å². The van der Waals surface area contributed by atoms with Crippen molar-refractivity contribution in [3.63, 3.8) is 0 Å². The summed E-state index contributed by atoms with van der Waals surface area (Å²) in [6.45, 7) is 0.891. The molecule has 24 heavy (non-hydrogen) atoms. The van der Waals surface area contributed by atoms with Gasteiger partial charge in [-0.1, -0.05) is 30.3 Å². The van der Waals surface area contributed by atoms with Gasteiger partial charge in [-0.05, 0) is 42.7 Å². The van der Waals surface area contributed by atoms with Crippen LogP contribution in [-0.4, -0.2) is 31.9 Å². The van der Waals surface area contributed by atoms with Crippen LogP contribution in [0.5, 0.6) is 5.75 Å². The minimum absolute atomic E-state index is 0.0321. The molecule has 1 saturated heterocycles. The fourth-order valence-corrected chi connectivity index (χ4v) is 4.37. The topological polar surface area (TPSA) is 46.6 Å². The lowest BCUT2D eigenvalue weighted by atomic mass is 10.1. The summed E-state index contributed by atoms with van der Waals surface area (Å²) in [5, 5.41) is 0. The molecule has 0 N–H and O–H groups in total. The van der Waals surface area contributed by atoms with Crippen LogP contribution in [0.2, 0.25) is 0 Å². The molecule has 3 rings (SSSR count). The van der Waals surface area contributed by atoms with Gasteiger partial charge in [0.25, 0.3) is 0 Å². The Labute approximate surface area is 141 Å². The summed E-state index contributed by atoms with van der Waals surface area (Å²) in [6.07, 6.45) is 1.36. The summed E-state index contributed by atoms with van der Waals surface area (Å²) in [7, 11) is -3.39. The monoisotopic (exact) mass is 349 g/mol. The van der Waals surface area contributed by atoms with Crippen molar-refractivity contribution in [1.29, 1.82) is 0 Å². The highest BCUT2D eigenvalue weighted by Crippen LogP contribution is 2.22. The number of nitrogens with zero attached hydrogens (tertiary/aromatic N) is 1. The molecule has 4 nitrogen and oxygen atoms in total. The molecule has 6 heteroatoms. The van der Waals surface area contributed by atoms with Crippen LogP contribution < -0.4 is 4.74 Å². The van der Waals surface area contributed by atoms with Gasteiger partial charge in [-0.2, -0.15) is 0 Å². The zero-order chi connectivity index (χ0) is 17.0. The van der Waals surface area contributed by atoms with Crippen LogP contribution in [0, 0.1) is 5.82 Å². The van der Waals surface area contributed by atoms with Crippen molar-refractivity contribution in [2.24, 2.45) is 0 Å². The van der Waals surface area contributed by atoms with Gasteiger partial charge >= 0.3 is 0 Å². The zero-order valence-electron chi connectivity index (χ0n) is 13.3. The first-order chi connectivity index (χ1) is 11.5. The number of hydrogen-bond acceptors (Lipinski definition) is 3. The SMILES string of the molecule is O=S(=O)(Cc1ccc(F)cc1)N1CCC(Oc2ccccc2)CC1. The lowest BCUT2D eigenvalue weighted by Crippen LogP contribution is -2.42. The first kappa shape index (κ1) is 16.9. The molecular weight excluding hydrogens is 329 g/mol. The number of halogens is 1. The van der Waals surface area contributed by atoms with Crippen molar-refractivity contribution in [2.45, 2.75) is 24.7 Å². The molecule has 128 valence electrons. The van der Waals surface area contributed by atoms with E-state index in [1.165, 1.54) is 28.6 Å². The minimum Gasteiger partial charge on any atom is -0.490 e. The molecule has 0 unspecified atom stereocenters. The highest BCUT2D eigenvalue weighted by molar-refractivity contribution is 7.88. The quantitative estimate of drug-likeness (QED) is 0.833. The van der Waals surface area contributed by atoms with Gasteiger partial charge in [0, 0.05) is 13.1 Å². The van der Waals surface area contributed by atoms with Crippen molar-refractivity contribution in [3.8, 4) is 5.75 Å². The average Bonchev–Trinajstić information content (AvgIpc) is 2.58. The van der Waals surface area contributed by atoms with Crippen molar-refractivity contribution < 1.29 is 17.5 Å². The van der Waals surface area contributed by atoms with Crippen LogP contribution in [0.15, 0.2) is 54.6 Å². The standard InChI is InChI=1S/C18H20FNO3S/c19-16-8-6-15(7-9-16)14-24(21,22)20-12-10-18(11-13-20)23-17-4-2-1-3-5-17/h1-9,18H,10-14H2. The fourth-order valence-electron chi connectivity index (χ4n) is 2.80. The Kier molecular flexibility index (Phi) is 5.16. The van der Waals surface area contributed by atoms with Gasteiger partial charge < -0.3 is 4.74 Å². The molecule has 0 amide bonds. The largest absolute Gasteiger partial charge is 0.490 e. The molecule has 0 saturated carbocycles. The Bertz CT molecular complexity index is 755. The van der Waals surface area contributed by atoms with E-state index in [4.69, 9.17) is 4.74 Å². The summed E-state index contributed by atoms with van der Waals surface area (Å²) >= 11 is 0. The maximum Gasteiger partial charge on any atom is 0.218 e. The lowest BCUT2D eigenvalue weighted by molar-refractivity contribution is 0.135. The van der Waals surface area contributed by atoms with E-state index in [1.807, 2.05) is 30.3 Å². The lowest BCUT2D eigenvalue weighted by Gasteiger charge is -2.31. The first-order valence-corrected chi connectivity index (χ1v) is 9.58. The highest BCUT2D eigenvalue weighted by atomic mass is 32.2. The number of sulfonamides is 1. The van der Waals surface area contributed by atoms with Crippen molar-refractivity contribution >= 4 is 10.0 Å². The predicted octanol–water partition coefficient (Wildman–Crippen LogP) is 3.20. The summed E-state index contributed by atoms with van der Waals surface area (Å²) < 4.78 is 45.3. The Morgan fingerprint density at radius 3 is 2.25 bits per heavy atom. The average molecular weight is 349 g/mol. The molecule has 0 spiro atoms. The van der Waals surface area contributed by atoms with E-state index in [1.54, 1.807) is 0 Å². The van der Waals surface area contributed by atoms with Crippen LogP contribution in [0.1, 0.15) is 18.4 Å². The molecule has 0 atom stereocenters. The molecule has 1 aliphatic heterocycles. The summed E-state index contributed by atoms with van der Waals surface area (Å²) in [4.78, 5) is 0. The van der Waals surface area contributed by atoms with E-state index in [0.717, 1.165) is 5.75 Å². The second-order valence-corrected chi connectivity index (χ2v) is 7.88. The molecular formula is C18H20FNO3S. The summed E-state index contributed by atoms with van der Waals surface area (Å²) in [6, 6.07) is 15.1. The van der Waals surface area contributed by atoms with Gasteiger partial charge in [-0.25, -0.2) is 17.1 Å². The second kappa shape index (κ2) is 7.32. The molecule has 1 fully saturated rings. The van der Waals surface area contributed by atoms with Crippen molar-refractivity contribution in [2.75, 3.05) is 13.1 Å². The van der Waals surface area contributed by atoms with Gasteiger partial charge in [0.1, 0.15) is 17.7 Å². The normalized spacial score (nSPS) is 16.9. The van der Waals surface area contributed by atoms with Gasteiger partial charge in [0.2, 0.25) is 10.0 Å². The van der Waals surface area contributed by atoms with E-state index in [0.29, 0.717) is 31.5 Å². The van der Waals surface area contributed by atoms with E-state index < -0.39 is 10.0 Å². The maximum atomic E-state index is 12.9. The Hall–Kier alpha value is -1.92. The number of hydrogen-bond donors (Lipinski definition) is 0. The number of piperidine rings is 1. The van der Waals surface area contributed by atoms with E-state index in [9.17, 15) is 12.8 Å². The molecule has 0 aromatic heterocycles. The number of benzene rings is 2. The maximum absolute atomic E-state index is 12.9. The van der Waals surface area contributed by atoms with E-state index in [-0.39, 0.29) is 17.7 Å². The summed E-state index contributed by atoms with van der Waals surface area (Å²) in [5.74, 6) is 0.345. The van der Waals surface area contributed by atoms with Crippen LogP contribution in [0.4, 0.5) is 4.39 Å². The van der Waals surface area contributed by atoms with Gasteiger partial charge in [0.15, 0.2) is 0 Å². The molecule has 1 heterocycles. The van der Waals surface area contributed by atoms with Crippen LogP contribution >= 0.6 is 0 Å². The summed E-state index contributed by atoms with van der Waals surface area (Å²) in [5.41, 5.74) is 0.596. The van der Waals surface area contributed by atoms with Crippen LogP contribution in [-0.2, 0) is 15.8 Å². The van der Waals surface area contributed by atoms with Crippen molar-refractivity contribution in [3.05, 3.63) is 66.0 Å². The Morgan fingerprint density at radius 1 is 1.00 bits per heavy atom. The number of para-hydroxylation sites is 1. The molecule has 2 aromatic carbocycles. The first-order valence-electron chi connectivity index (χ1n) is 7.97.